The zero-order chi connectivity index (χ0) is 28.2. The number of carbonyl (C=O) groups excluding carboxylic acids is 1. The van der Waals surface area contributed by atoms with Gasteiger partial charge >= 0.3 is 248 Å². The molecule has 4 heteroatoms. The first-order chi connectivity index (χ1) is 20.1. The Balaban J connectivity index is 1.87. The predicted molar refractivity (Wildman–Crippen MR) is 182 cm³/mol. The average molecular weight is 588 g/mol. The maximum atomic E-state index is 16.6. The van der Waals surface area contributed by atoms with E-state index in [0.29, 0.717) is 0 Å². The van der Waals surface area contributed by atoms with E-state index >= 15 is 4.79 Å². The van der Waals surface area contributed by atoms with E-state index in [1.165, 1.54) is 0 Å². The fourth-order valence-corrected chi connectivity index (χ4v) is 19.5. The molecule has 0 bridgehead atoms. The van der Waals surface area contributed by atoms with Crippen LogP contribution in [0.4, 0.5) is 4.79 Å². The zero-order valence-electron chi connectivity index (χ0n) is 22.5. The quantitative estimate of drug-likeness (QED) is 0.166. The Morgan fingerprint density at radius 1 is 0.390 bits per heavy atom. The third kappa shape index (κ3) is 4.20. The second-order valence-electron chi connectivity index (χ2n) is 9.98. The van der Waals surface area contributed by atoms with Gasteiger partial charge in [-0.15, -0.1) is 0 Å². The molecule has 41 heavy (non-hydrogen) atoms. The maximum absolute atomic E-state index is 16.6. The summed E-state index contributed by atoms with van der Waals surface area (Å²) in [5.74, 6) is -4.37. The van der Waals surface area contributed by atoms with Gasteiger partial charge in [0.2, 0.25) is 0 Å². The summed E-state index contributed by atoms with van der Waals surface area (Å²) in [5, 5.41) is 5.55. The van der Waals surface area contributed by atoms with Gasteiger partial charge in [-0.3, -0.25) is 0 Å². The molecule has 0 spiro atoms. The monoisotopic (exact) mass is 587 g/mol. The Morgan fingerprint density at radius 2 is 0.610 bits per heavy atom. The molecule has 0 aliphatic heterocycles. The molecule has 0 amide bonds. The first-order valence-electron chi connectivity index (χ1n) is 13.6. The molecule has 0 saturated carbocycles. The van der Waals surface area contributed by atoms with Crippen molar-refractivity contribution in [1.82, 2.24) is 0 Å². The Bertz CT molecular complexity index is 1550. The van der Waals surface area contributed by atoms with Crippen LogP contribution >= 0.6 is 24.5 Å². The molecule has 6 rings (SSSR count). The van der Waals surface area contributed by atoms with Crippen molar-refractivity contribution >= 4 is 61.6 Å². The van der Waals surface area contributed by atoms with E-state index in [1.807, 2.05) is 146 Å². The van der Waals surface area contributed by atoms with Crippen molar-refractivity contribution in [2.45, 2.75) is 0 Å². The topological polar surface area (TPSA) is 17.1 Å². The predicted octanol–water partition coefficient (Wildman–Crippen LogP) is 7.78. The van der Waals surface area contributed by atoms with E-state index in [2.05, 4.69) is 36.4 Å². The molecule has 0 saturated heterocycles. The summed E-state index contributed by atoms with van der Waals surface area (Å²) in [7, 11) is -3.04. The van der Waals surface area contributed by atoms with Crippen LogP contribution in [0.1, 0.15) is 0 Å². The van der Waals surface area contributed by atoms with E-state index in [1.54, 1.807) is 0 Å². The van der Waals surface area contributed by atoms with Gasteiger partial charge in [-0.25, -0.2) is 0 Å². The van der Waals surface area contributed by atoms with E-state index in [0.717, 1.165) is 31.8 Å². The van der Waals surface area contributed by atoms with Crippen LogP contribution in [0.15, 0.2) is 182 Å². The molecule has 0 atom stereocenters. The Labute approximate surface area is 247 Å². The van der Waals surface area contributed by atoms with E-state index < -0.39 is 13.2 Å². The molecule has 0 N–H and O–H groups in total. The van der Waals surface area contributed by atoms with Crippen LogP contribution in [0.2, 0.25) is 0 Å². The van der Waals surface area contributed by atoms with Gasteiger partial charge in [0.1, 0.15) is 0 Å². The molecule has 0 radical (unpaired) electrons. The Morgan fingerprint density at radius 3 is 0.854 bits per heavy atom. The van der Waals surface area contributed by atoms with Crippen molar-refractivity contribution in [2.75, 3.05) is 0 Å². The summed E-state index contributed by atoms with van der Waals surface area (Å²) in [6, 6.07) is 60.9. The minimum absolute atomic E-state index is 0.0670. The fraction of sp³-hybridized carbons (Fsp3) is 0. The normalized spacial score (nSPS) is 12.7. The molecular weight excluding hydrogens is 558 g/mol. The SMILES string of the molecule is O=C([P+](c1ccccc1)(c1ccccc1)c1ccccc1)P(Cl)(c1ccccc1)(c1ccccc1)c1ccccc1. The molecule has 1 nitrogen and oxygen atoms in total. The Hall–Kier alpha value is -3.86. The van der Waals surface area contributed by atoms with Gasteiger partial charge in [-0.05, 0) is 0 Å². The van der Waals surface area contributed by atoms with Crippen LogP contribution in [0.5, 0.6) is 0 Å². The van der Waals surface area contributed by atoms with Gasteiger partial charge in [0.25, 0.3) is 0 Å². The van der Waals surface area contributed by atoms with E-state index in [4.69, 9.17) is 11.2 Å². The number of rotatable bonds is 8. The standard InChI is InChI=1S/C37H30ClOP2/c38-41(34-25-13-4-14-26-34,35-27-15-5-16-28-35,36-29-17-6-18-30-36)37(39)40(31-19-7-1-8-20-31,32-21-9-2-10-22-32)33-23-11-3-12-24-33/h1-30H/q+1. The summed E-state index contributed by atoms with van der Waals surface area (Å²) >= 11 is 8.57. The summed E-state index contributed by atoms with van der Waals surface area (Å²) < 4.78 is 0. The van der Waals surface area contributed by atoms with Crippen LogP contribution < -0.4 is 31.8 Å². The summed E-state index contributed by atoms with van der Waals surface area (Å²) in [5.41, 5.74) is 0. The van der Waals surface area contributed by atoms with E-state index in [9.17, 15) is 0 Å². The zero-order valence-corrected chi connectivity index (χ0v) is 25.0. The second-order valence-corrected chi connectivity index (χ2v) is 19.6. The number of hydrogen-bond donors (Lipinski definition) is 0. The van der Waals surface area contributed by atoms with Crippen molar-refractivity contribution in [1.29, 1.82) is 0 Å². The first kappa shape index (κ1) is 27.3. The van der Waals surface area contributed by atoms with Gasteiger partial charge in [0.05, 0.1) is 0 Å². The molecule has 0 aromatic heterocycles. The van der Waals surface area contributed by atoms with E-state index in [-0.39, 0.29) is 5.27 Å². The average Bonchev–Trinajstić information content (AvgIpc) is 3.07. The third-order valence-electron chi connectivity index (χ3n) is 7.80. The fourth-order valence-electron chi connectivity index (χ4n) is 5.92. The molecule has 0 aliphatic rings. The van der Waals surface area contributed by atoms with Gasteiger partial charge in [0, 0.05) is 0 Å². The molecule has 6 aromatic carbocycles. The van der Waals surface area contributed by atoms with Crippen LogP contribution in [0.25, 0.3) is 0 Å². The summed E-state index contributed by atoms with van der Waals surface area (Å²) in [6.45, 7) is 0. The summed E-state index contributed by atoms with van der Waals surface area (Å²) in [6.07, 6.45) is 0. The van der Waals surface area contributed by atoms with Crippen LogP contribution in [-0.2, 0) is 0 Å². The third-order valence-corrected chi connectivity index (χ3v) is 20.8. The van der Waals surface area contributed by atoms with Crippen molar-refractivity contribution in [2.24, 2.45) is 0 Å². The first-order valence-corrected chi connectivity index (χ1v) is 18.6. The van der Waals surface area contributed by atoms with Crippen LogP contribution in [0, 0.1) is 0 Å². The van der Waals surface area contributed by atoms with Crippen molar-refractivity contribution in [3.05, 3.63) is 182 Å². The molecule has 6 aromatic rings. The molecule has 0 unspecified atom stereocenters. The van der Waals surface area contributed by atoms with Crippen LogP contribution in [-0.4, -0.2) is 5.27 Å². The van der Waals surface area contributed by atoms with Crippen molar-refractivity contribution in [3.63, 3.8) is 0 Å². The molecular formula is C37H30ClOP2+. The van der Waals surface area contributed by atoms with Gasteiger partial charge in [-0.2, -0.15) is 0 Å². The second kappa shape index (κ2) is 11.2. The van der Waals surface area contributed by atoms with Gasteiger partial charge in [0.15, 0.2) is 0 Å². The van der Waals surface area contributed by atoms with Crippen molar-refractivity contribution in [3.8, 4) is 0 Å². The number of hydrogen-bond acceptors (Lipinski definition) is 1. The number of halogens is 1. The van der Waals surface area contributed by atoms with Crippen LogP contribution in [0.3, 0.4) is 0 Å². The number of benzene rings is 6. The molecule has 200 valence electrons. The van der Waals surface area contributed by atoms with Crippen molar-refractivity contribution < 1.29 is 4.79 Å². The molecule has 0 fully saturated rings. The van der Waals surface area contributed by atoms with Gasteiger partial charge < -0.3 is 0 Å². The molecule has 0 heterocycles. The van der Waals surface area contributed by atoms with Gasteiger partial charge in [-0.1, -0.05) is 0 Å². The molecule has 0 aliphatic carbocycles. The minimum atomic E-state index is -4.37. The number of carbonyl (C=O) groups is 1. The summed E-state index contributed by atoms with van der Waals surface area (Å²) in [4.78, 5) is 16.6. The Kier molecular flexibility index (Phi) is 7.46.